The van der Waals surface area contributed by atoms with Gasteiger partial charge < -0.3 is 19.7 Å². The average Bonchev–Trinajstić information content (AvgIpc) is 3.17. The molecule has 2 aliphatic heterocycles. The van der Waals surface area contributed by atoms with Crippen LogP contribution in [0.1, 0.15) is 11.5 Å². The molecule has 2 aromatic carbocycles. The van der Waals surface area contributed by atoms with Crippen LogP contribution in [-0.4, -0.2) is 55.8 Å². The molecule has 0 bridgehead atoms. The van der Waals surface area contributed by atoms with Gasteiger partial charge in [-0.1, -0.05) is 18.2 Å². The van der Waals surface area contributed by atoms with Crippen LogP contribution in [0.5, 0.6) is 11.5 Å². The van der Waals surface area contributed by atoms with Gasteiger partial charge in [-0.25, -0.2) is 0 Å². The number of methoxy groups -OCH3 is 2. The second kappa shape index (κ2) is 7.07. The number of ether oxygens (including phenoxy) is 2. The van der Waals surface area contributed by atoms with E-state index in [1.54, 1.807) is 19.1 Å². The van der Waals surface area contributed by atoms with Gasteiger partial charge in [0.15, 0.2) is 5.11 Å². The summed E-state index contributed by atoms with van der Waals surface area (Å²) in [5, 5.41) is 3.80. The summed E-state index contributed by atoms with van der Waals surface area (Å²) in [5.41, 5.74) is 0.941. The fraction of sp³-hybridized carbons (Fsp3) is 0.333. The number of thiocarbonyl (C=S) groups is 1. The molecule has 0 radical (unpaired) electrons. The second-order valence-corrected chi connectivity index (χ2v) is 7.66. The van der Waals surface area contributed by atoms with E-state index in [-0.39, 0.29) is 11.8 Å². The number of likely N-dealkylation sites (N-methyl/N-ethyl adjacent to an activating group) is 1. The zero-order valence-corrected chi connectivity index (χ0v) is 17.0. The van der Waals surface area contributed by atoms with Crippen molar-refractivity contribution in [2.24, 2.45) is 0 Å². The normalized spacial score (nSPS) is 24.7. The number of amides is 1. The fourth-order valence-electron chi connectivity index (χ4n) is 4.24. The minimum Gasteiger partial charge on any atom is -0.497 e. The molecule has 2 heterocycles. The summed E-state index contributed by atoms with van der Waals surface area (Å²) >= 11 is 5.57. The van der Waals surface area contributed by atoms with E-state index in [1.807, 2.05) is 55.6 Å². The fourth-order valence-corrected chi connectivity index (χ4v) is 4.61. The number of hydrogen-bond donors (Lipinski definition) is 1. The number of rotatable bonds is 4. The Hall–Kier alpha value is -2.64. The Bertz CT molecular complexity index is 898. The minimum atomic E-state index is -0.820. The van der Waals surface area contributed by atoms with Crippen molar-refractivity contribution < 1.29 is 14.3 Å². The summed E-state index contributed by atoms with van der Waals surface area (Å²) in [6.07, 6.45) is 0. The Morgan fingerprint density at radius 2 is 1.75 bits per heavy atom. The smallest absolute Gasteiger partial charge is 0.261 e. The summed E-state index contributed by atoms with van der Waals surface area (Å²) in [6.45, 7) is 1.29. The molecule has 0 saturated carbocycles. The van der Waals surface area contributed by atoms with Gasteiger partial charge in [0, 0.05) is 25.1 Å². The first-order valence-electron chi connectivity index (χ1n) is 9.12. The summed E-state index contributed by atoms with van der Waals surface area (Å²) in [5.74, 6) is 1.28. The number of para-hydroxylation sites is 1. The first-order valence-corrected chi connectivity index (χ1v) is 9.52. The molecule has 2 saturated heterocycles. The SMILES string of the molecule is COc1cc(OC)cc([C@H]2CN(C)C[C@]23NC(=S)N(c2ccccc2)C3=O)c1. The van der Waals surface area contributed by atoms with Gasteiger partial charge in [-0.2, -0.15) is 0 Å². The van der Waals surface area contributed by atoms with Gasteiger partial charge in [-0.3, -0.25) is 9.69 Å². The van der Waals surface area contributed by atoms with E-state index in [0.29, 0.717) is 23.2 Å². The Kier molecular flexibility index (Phi) is 4.72. The second-order valence-electron chi connectivity index (χ2n) is 7.27. The Morgan fingerprint density at radius 3 is 2.36 bits per heavy atom. The Balaban J connectivity index is 1.78. The lowest BCUT2D eigenvalue weighted by Crippen LogP contribution is -2.52. The molecule has 2 aromatic rings. The third-order valence-corrected chi connectivity index (χ3v) is 5.80. The van der Waals surface area contributed by atoms with Crippen molar-refractivity contribution in [1.82, 2.24) is 10.2 Å². The molecule has 0 aromatic heterocycles. The number of benzene rings is 2. The topological polar surface area (TPSA) is 54.0 Å². The highest BCUT2D eigenvalue weighted by atomic mass is 32.1. The van der Waals surface area contributed by atoms with Crippen LogP contribution in [-0.2, 0) is 4.79 Å². The largest absolute Gasteiger partial charge is 0.497 e. The summed E-state index contributed by atoms with van der Waals surface area (Å²) < 4.78 is 10.9. The number of anilines is 1. The number of carbonyl (C=O) groups is 1. The molecule has 1 N–H and O–H groups in total. The van der Waals surface area contributed by atoms with Crippen molar-refractivity contribution in [3.05, 3.63) is 54.1 Å². The van der Waals surface area contributed by atoms with Gasteiger partial charge in [0.2, 0.25) is 0 Å². The zero-order chi connectivity index (χ0) is 19.9. The molecule has 1 amide bonds. The molecule has 146 valence electrons. The molecular formula is C21H23N3O3S. The minimum absolute atomic E-state index is 0.0279. The molecule has 0 aliphatic carbocycles. The van der Waals surface area contributed by atoms with Crippen LogP contribution in [0.4, 0.5) is 5.69 Å². The van der Waals surface area contributed by atoms with Crippen LogP contribution >= 0.6 is 12.2 Å². The molecule has 2 atom stereocenters. The highest BCUT2D eigenvalue weighted by Crippen LogP contribution is 2.42. The van der Waals surface area contributed by atoms with Gasteiger partial charge in [0.25, 0.3) is 5.91 Å². The predicted octanol–water partition coefficient (Wildman–Crippen LogP) is 2.39. The average molecular weight is 398 g/mol. The van der Waals surface area contributed by atoms with Gasteiger partial charge in [-0.15, -0.1) is 0 Å². The lowest BCUT2D eigenvalue weighted by molar-refractivity contribution is -0.122. The van der Waals surface area contributed by atoms with Crippen molar-refractivity contribution in [3.63, 3.8) is 0 Å². The molecule has 7 heteroatoms. The van der Waals surface area contributed by atoms with Crippen LogP contribution in [0, 0.1) is 0 Å². The third kappa shape index (κ3) is 2.91. The Morgan fingerprint density at radius 1 is 1.11 bits per heavy atom. The van der Waals surface area contributed by atoms with E-state index in [4.69, 9.17) is 21.7 Å². The summed E-state index contributed by atoms with van der Waals surface area (Å²) in [7, 11) is 5.27. The summed E-state index contributed by atoms with van der Waals surface area (Å²) in [4.78, 5) is 17.4. The standard InChI is InChI=1S/C21H23N3O3S/c1-23-12-18(14-9-16(26-2)11-17(10-14)27-3)21(13-23)19(25)24(20(28)22-21)15-7-5-4-6-8-15/h4-11,18H,12-13H2,1-3H3,(H,22,28)/t18-,21+/m1/s1. The molecule has 2 fully saturated rings. The Labute approximate surface area is 170 Å². The molecule has 28 heavy (non-hydrogen) atoms. The van der Waals surface area contributed by atoms with Crippen molar-refractivity contribution in [2.45, 2.75) is 11.5 Å². The number of hydrogen-bond acceptors (Lipinski definition) is 5. The zero-order valence-electron chi connectivity index (χ0n) is 16.1. The quantitative estimate of drug-likeness (QED) is 0.800. The molecular weight excluding hydrogens is 374 g/mol. The van der Waals surface area contributed by atoms with Crippen LogP contribution in [0.15, 0.2) is 48.5 Å². The van der Waals surface area contributed by atoms with E-state index in [1.165, 1.54) is 0 Å². The first kappa shape index (κ1) is 18.7. The number of carbonyl (C=O) groups excluding carboxylic acids is 1. The number of nitrogens with zero attached hydrogens (tertiary/aromatic N) is 2. The lowest BCUT2D eigenvalue weighted by Gasteiger charge is -2.29. The van der Waals surface area contributed by atoms with Gasteiger partial charge >= 0.3 is 0 Å². The van der Waals surface area contributed by atoms with E-state index in [0.717, 1.165) is 17.8 Å². The third-order valence-electron chi connectivity index (χ3n) is 5.52. The molecule has 1 spiro atoms. The van der Waals surface area contributed by atoms with Crippen molar-refractivity contribution in [2.75, 3.05) is 39.3 Å². The van der Waals surface area contributed by atoms with Gasteiger partial charge in [0.05, 0.1) is 19.9 Å². The molecule has 0 unspecified atom stereocenters. The van der Waals surface area contributed by atoms with Gasteiger partial charge in [-0.05, 0) is 49.1 Å². The van der Waals surface area contributed by atoms with Crippen LogP contribution in [0.3, 0.4) is 0 Å². The van der Waals surface area contributed by atoms with Crippen LogP contribution < -0.4 is 19.7 Å². The van der Waals surface area contributed by atoms with E-state index in [2.05, 4.69) is 10.2 Å². The first-order chi connectivity index (χ1) is 13.5. The van der Waals surface area contributed by atoms with Crippen LogP contribution in [0.2, 0.25) is 0 Å². The molecule has 6 nitrogen and oxygen atoms in total. The number of nitrogens with one attached hydrogen (secondary N) is 1. The molecule has 4 rings (SSSR count). The van der Waals surface area contributed by atoms with Crippen LogP contribution in [0.25, 0.3) is 0 Å². The highest BCUT2D eigenvalue weighted by molar-refractivity contribution is 7.80. The van der Waals surface area contributed by atoms with E-state index < -0.39 is 5.54 Å². The lowest BCUT2D eigenvalue weighted by atomic mass is 9.81. The van der Waals surface area contributed by atoms with E-state index in [9.17, 15) is 4.79 Å². The molecule has 2 aliphatic rings. The number of likely N-dealkylation sites (tertiary alicyclic amines) is 1. The maximum absolute atomic E-state index is 13.7. The van der Waals surface area contributed by atoms with E-state index >= 15 is 0 Å². The maximum atomic E-state index is 13.7. The summed E-state index contributed by atoms with van der Waals surface area (Å²) in [6, 6.07) is 15.3. The van der Waals surface area contributed by atoms with Crippen molar-refractivity contribution in [1.29, 1.82) is 0 Å². The monoisotopic (exact) mass is 397 g/mol. The highest BCUT2D eigenvalue weighted by Gasteiger charge is 2.59. The van der Waals surface area contributed by atoms with Crippen molar-refractivity contribution >= 4 is 28.9 Å². The van der Waals surface area contributed by atoms with Crippen molar-refractivity contribution in [3.8, 4) is 11.5 Å². The van der Waals surface area contributed by atoms with Gasteiger partial charge in [0.1, 0.15) is 17.0 Å². The predicted molar refractivity (Wildman–Crippen MR) is 112 cm³/mol. The maximum Gasteiger partial charge on any atom is 0.261 e.